The van der Waals surface area contributed by atoms with Crippen LogP contribution in [0.2, 0.25) is 0 Å². The number of hydrogen-bond donors (Lipinski definition) is 0. The summed E-state index contributed by atoms with van der Waals surface area (Å²) in [5.41, 5.74) is 4.11. The van der Waals surface area contributed by atoms with Crippen LogP contribution in [0, 0.1) is 6.92 Å². The van der Waals surface area contributed by atoms with E-state index in [4.69, 9.17) is 14.2 Å². The van der Waals surface area contributed by atoms with Crippen LogP contribution in [0.4, 0.5) is 5.69 Å². The highest BCUT2D eigenvalue weighted by Crippen LogP contribution is 2.26. The van der Waals surface area contributed by atoms with Crippen molar-refractivity contribution in [2.24, 2.45) is 4.99 Å². The first-order valence-electron chi connectivity index (χ1n) is 9.94. The summed E-state index contributed by atoms with van der Waals surface area (Å²) in [6, 6.07) is 25.3. The fourth-order valence-corrected chi connectivity index (χ4v) is 3.22. The van der Waals surface area contributed by atoms with Gasteiger partial charge >= 0.3 is 0 Å². The van der Waals surface area contributed by atoms with Crippen LogP contribution in [0.1, 0.15) is 11.3 Å². The topological polar surface area (TPSA) is 45.0 Å². The van der Waals surface area contributed by atoms with Gasteiger partial charge in [0, 0.05) is 29.4 Å². The van der Waals surface area contributed by atoms with E-state index in [0.717, 1.165) is 45.6 Å². The molecule has 5 nitrogen and oxygen atoms in total. The maximum Gasteiger partial charge on any atom is 0.127 e. The number of hydrogen-bond acceptors (Lipinski definition) is 4. The first kappa shape index (κ1) is 20.3. The molecule has 0 spiro atoms. The Morgan fingerprint density at radius 3 is 1.81 bits per heavy atom. The van der Waals surface area contributed by atoms with Gasteiger partial charge in [0.15, 0.2) is 0 Å². The predicted octanol–water partition coefficient (Wildman–Crippen LogP) is 6.35. The smallest absolute Gasteiger partial charge is 0.127 e. The second-order valence-corrected chi connectivity index (χ2v) is 7.01. The lowest BCUT2D eigenvalue weighted by Gasteiger charge is -2.07. The first-order valence-corrected chi connectivity index (χ1v) is 9.94. The number of benzene rings is 3. The Balaban J connectivity index is 1.43. The van der Waals surface area contributed by atoms with Gasteiger partial charge in [-0.1, -0.05) is 0 Å². The molecule has 31 heavy (non-hydrogen) atoms. The van der Waals surface area contributed by atoms with Gasteiger partial charge in [0.1, 0.15) is 23.0 Å². The Bertz CT molecular complexity index is 1160. The van der Waals surface area contributed by atoms with E-state index in [0.29, 0.717) is 0 Å². The van der Waals surface area contributed by atoms with Crippen LogP contribution in [0.25, 0.3) is 5.69 Å². The van der Waals surface area contributed by atoms with Crippen LogP contribution in [0.5, 0.6) is 23.0 Å². The Morgan fingerprint density at radius 1 is 0.710 bits per heavy atom. The molecule has 0 unspecified atom stereocenters. The van der Waals surface area contributed by atoms with Gasteiger partial charge in [0.05, 0.1) is 19.9 Å². The molecule has 0 N–H and O–H groups in total. The maximum atomic E-state index is 5.86. The van der Waals surface area contributed by atoms with Crippen LogP contribution >= 0.6 is 0 Å². The molecule has 156 valence electrons. The lowest BCUT2D eigenvalue weighted by atomic mass is 10.3. The summed E-state index contributed by atoms with van der Waals surface area (Å²) in [6.07, 6.45) is 3.94. The van der Waals surface area contributed by atoms with E-state index in [-0.39, 0.29) is 0 Å². The average Bonchev–Trinajstić information content (AvgIpc) is 3.19. The Hall–Kier alpha value is -3.99. The second kappa shape index (κ2) is 9.22. The van der Waals surface area contributed by atoms with Crippen molar-refractivity contribution < 1.29 is 14.2 Å². The van der Waals surface area contributed by atoms with Gasteiger partial charge in [-0.2, -0.15) is 0 Å². The Kier molecular flexibility index (Phi) is 6.03. The highest BCUT2D eigenvalue weighted by molar-refractivity contribution is 5.82. The second-order valence-electron chi connectivity index (χ2n) is 7.01. The van der Waals surface area contributed by atoms with E-state index >= 15 is 0 Å². The highest BCUT2D eigenvalue weighted by Gasteiger charge is 2.04. The summed E-state index contributed by atoms with van der Waals surface area (Å²) in [5.74, 6) is 3.15. The normalized spacial score (nSPS) is 10.9. The molecule has 0 atom stereocenters. The number of aliphatic imine (C=N–C) groups is 1. The zero-order valence-electron chi connectivity index (χ0n) is 17.8. The molecular formula is C26H24N2O3. The molecule has 4 aromatic rings. The Labute approximate surface area is 182 Å². The van der Waals surface area contributed by atoms with E-state index < -0.39 is 0 Å². The predicted molar refractivity (Wildman–Crippen MR) is 124 cm³/mol. The van der Waals surface area contributed by atoms with Crippen LogP contribution in [0.15, 0.2) is 90.1 Å². The summed E-state index contributed by atoms with van der Waals surface area (Å²) < 4.78 is 18.4. The van der Waals surface area contributed by atoms with Crippen LogP contribution in [0.3, 0.4) is 0 Å². The summed E-state index contributed by atoms with van der Waals surface area (Å²) >= 11 is 0. The van der Waals surface area contributed by atoms with Gasteiger partial charge < -0.3 is 18.8 Å². The number of ether oxygens (including phenoxy) is 3. The lowest BCUT2D eigenvalue weighted by Crippen LogP contribution is -1.94. The third kappa shape index (κ3) is 4.95. The molecule has 0 amide bonds. The van der Waals surface area contributed by atoms with E-state index in [2.05, 4.69) is 28.7 Å². The van der Waals surface area contributed by atoms with Gasteiger partial charge in [0.25, 0.3) is 0 Å². The third-order valence-corrected chi connectivity index (χ3v) is 4.88. The Morgan fingerprint density at radius 2 is 1.23 bits per heavy atom. The minimum absolute atomic E-state index is 0.755. The molecule has 3 aromatic carbocycles. The number of methoxy groups -OCH3 is 2. The van der Waals surface area contributed by atoms with Crippen molar-refractivity contribution in [2.75, 3.05) is 14.2 Å². The van der Waals surface area contributed by atoms with Crippen LogP contribution < -0.4 is 14.2 Å². The molecule has 0 saturated carbocycles. The fourth-order valence-electron chi connectivity index (χ4n) is 3.22. The maximum absolute atomic E-state index is 5.86. The minimum atomic E-state index is 0.755. The number of nitrogens with zero attached hydrogens (tertiary/aromatic N) is 2. The van der Waals surface area contributed by atoms with Crippen LogP contribution in [-0.2, 0) is 0 Å². The lowest BCUT2D eigenvalue weighted by molar-refractivity contribution is 0.413. The molecule has 0 saturated heterocycles. The van der Waals surface area contributed by atoms with Crippen LogP contribution in [-0.4, -0.2) is 25.0 Å². The van der Waals surface area contributed by atoms with E-state index in [1.54, 1.807) is 14.2 Å². The van der Waals surface area contributed by atoms with Gasteiger partial charge in [-0.15, -0.1) is 0 Å². The van der Waals surface area contributed by atoms with Crippen molar-refractivity contribution in [2.45, 2.75) is 6.92 Å². The molecule has 0 fully saturated rings. The molecule has 0 aliphatic heterocycles. The molecule has 0 radical (unpaired) electrons. The van der Waals surface area contributed by atoms with Crippen molar-refractivity contribution in [3.05, 3.63) is 96.3 Å². The SMILES string of the molecule is COc1ccc(Oc2ccc(N=Cc3cc(C)n(-c4ccc(OC)cc4)c3)cc2)cc1. The molecule has 0 aliphatic rings. The molecule has 0 bridgehead atoms. The third-order valence-electron chi connectivity index (χ3n) is 4.88. The van der Waals surface area contributed by atoms with Crippen molar-refractivity contribution in [1.29, 1.82) is 0 Å². The van der Waals surface area contributed by atoms with Crippen molar-refractivity contribution in [3.8, 4) is 28.7 Å². The molecule has 0 aliphatic carbocycles. The van der Waals surface area contributed by atoms with E-state index in [1.807, 2.05) is 79.0 Å². The van der Waals surface area contributed by atoms with Gasteiger partial charge in [-0.3, -0.25) is 4.99 Å². The number of aromatic nitrogens is 1. The molecular weight excluding hydrogens is 388 g/mol. The van der Waals surface area contributed by atoms with Gasteiger partial charge in [-0.25, -0.2) is 0 Å². The monoisotopic (exact) mass is 412 g/mol. The van der Waals surface area contributed by atoms with E-state index in [9.17, 15) is 0 Å². The fraction of sp³-hybridized carbons (Fsp3) is 0.115. The van der Waals surface area contributed by atoms with Gasteiger partial charge in [0.2, 0.25) is 0 Å². The van der Waals surface area contributed by atoms with E-state index in [1.165, 1.54) is 0 Å². The molecule has 1 aromatic heterocycles. The molecule has 5 heteroatoms. The standard InChI is InChI=1S/C26H24N2O3/c1-19-16-20(18-28(19)22-6-10-23(29-2)11-7-22)17-27-21-4-8-25(9-5-21)31-26-14-12-24(30-3)13-15-26/h4-18H,1-3H3. The number of aryl methyl sites for hydroxylation is 1. The average molecular weight is 412 g/mol. The zero-order chi connectivity index (χ0) is 21.6. The van der Waals surface area contributed by atoms with Gasteiger partial charge in [-0.05, 0) is 85.8 Å². The van der Waals surface area contributed by atoms with Crippen molar-refractivity contribution in [1.82, 2.24) is 4.57 Å². The quantitative estimate of drug-likeness (QED) is 0.332. The number of rotatable bonds is 7. The first-order chi connectivity index (χ1) is 15.1. The minimum Gasteiger partial charge on any atom is -0.497 e. The largest absolute Gasteiger partial charge is 0.497 e. The summed E-state index contributed by atoms with van der Waals surface area (Å²) in [5, 5.41) is 0. The molecule has 4 rings (SSSR count). The highest BCUT2D eigenvalue weighted by atomic mass is 16.5. The van der Waals surface area contributed by atoms with Crippen molar-refractivity contribution >= 4 is 11.9 Å². The summed E-state index contributed by atoms with van der Waals surface area (Å²) in [7, 11) is 3.31. The summed E-state index contributed by atoms with van der Waals surface area (Å²) in [4.78, 5) is 4.59. The van der Waals surface area contributed by atoms with Crippen molar-refractivity contribution in [3.63, 3.8) is 0 Å². The zero-order valence-corrected chi connectivity index (χ0v) is 17.8. The summed E-state index contributed by atoms with van der Waals surface area (Å²) in [6.45, 7) is 2.08. The molecule has 1 heterocycles.